The summed E-state index contributed by atoms with van der Waals surface area (Å²) in [5, 5.41) is 0. The molecule has 0 aromatic rings. The molecule has 1 saturated carbocycles. The van der Waals surface area contributed by atoms with Crippen molar-refractivity contribution in [3.05, 3.63) is 0 Å². The maximum absolute atomic E-state index is 12.0. The van der Waals surface area contributed by atoms with Crippen molar-refractivity contribution < 1.29 is 8.42 Å². The fraction of sp³-hybridized carbons (Fsp3) is 1.00. The van der Waals surface area contributed by atoms with Crippen LogP contribution < -0.4 is 0 Å². The summed E-state index contributed by atoms with van der Waals surface area (Å²) in [5.41, 5.74) is 0. The second-order valence-corrected chi connectivity index (χ2v) is 6.38. The van der Waals surface area contributed by atoms with E-state index in [4.69, 9.17) is 0 Å². The molecule has 0 bridgehead atoms. The van der Waals surface area contributed by atoms with Gasteiger partial charge in [0.2, 0.25) is 0 Å². The van der Waals surface area contributed by atoms with E-state index >= 15 is 0 Å². The molecular formula is C10H22N2O2S. The fourth-order valence-electron chi connectivity index (χ4n) is 2.19. The topological polar surface area (TPSA) is 40.6 Å². The number of hydrogen-bond acceptors (Lipinski definition) is 2. The molecule has 0 aliphatic heterocycles. The minimum absolute atomic E-state index is 0.219. The molecule has 1 fully saturated rings. The Morgan fingerprint density at radius 3 is 2.07 bits per heavy atom. The van der Waals surface area contributed by atoms with Crippen LogP contribution in [-0.4, -0.2) is 43.7 Å². The Morgan fingerprint density at radius 2 is 1.67 bits per heavy atom. The van der Waals surface area contributed by atoms with Crippen LogP contribution in [0.1, 0.15) is 39.0 Å². The molecule has 0 atom stereocenters. The van der Waals surface area contributed by atoms with Gasteiger partial charge < -0.3 is 0 Å². The molecule has 0 amide bonds. The van der Waals surface area contributed by atoms with Crippen molar-refractivity contribution in [3.63, 3.8) is 0 Å². The first-order valence-corrected chi connectivity index (χ1v) is 7.09. The third-order valence-corrected chi connectivity index (χ3v) is 5.12. The maximum atomic E-state index is 12.0. The van der Waals surface area contributed by atoms with Crippen molar-refractivity contribution in [2.75, 3.05) is 20.6 Å². The molecule has 4 nitrogen and oxygen atoms in total. The predicted octanol–water partition coefficient (Wildman–Crippen LogP) is 1.45. The normalized spacial score (nSPS) is 20.1. The van der Waals surface area contributed by atoms with Crippen LogP contribution in [0.5, 0.6) is 0 Å². The van der Waals surface area contributed by atoms with Crippen molar-refractivity contribution in [2.45, 2.75) is 45.1 Å². The van der Waals surface area contributed by atoms with Crippen molar-refractivity contribution in [2.24, 2.45) is 0 Å². The molecule has 0 aromatic carbocycles. The molecule has 0 aromatic heterocycles. The Balaban J connectivity index is 2.78. The minimum atomic E-state index is -3.22. The highest BCUT2D eigenvalue weighted by molar-refractivity contribution is 7.86. The van der Waals surface area contributed by atoms with E-state index < -0.39 is 10.2 Å². The molecule has 5 heteroatoms. The molecule has 1 rings (SSSR count). The number of rotatable bonds is 4. The summed E-state index contributed by atoms with van der Waals surface area (Å²) in [4.78, 5) is 0. The van der Waals surface area contributed by atoms with Crippen LogP contribution >= 0.6 is 0 Å². The Bertz CT molecular complexity index is 282. The minimum Gasteiger partial charge on any atom is -0.195 e. The summed E-state index contributed by atoms with van der Waals surface area (Å²) in [6.45, 7) is 2.49. The molecule has 90 valence electrons. The van der Waals surface area contributed by atoms with Gasteiger partial charge in [0.25, 0.3) is 10.2 Å². The highest BCUT2D eigenvalue weighted by atomic mass is 32.2. The van der Waals surface area contributed by atoms with Gasteiger partial charge in [-0.05, 0) is 12.8 Å². The summed E-state index contributed by atoms with van der Waals surface area (Å²) in [6, 6.07) is 0.219. The molecule has 0 unspecified atom stereocenters. The van der Waals surface area contributed by atoms with Gasteiger partial charge in [0.1, 0.15) is 0 Å². The molecule has 0 heterocycles. The van der Waals surface area contributed by atoms with Gasteiger partial charge in [-0.3, -0.25) is 0 Å². The van der Waals surface area contributed by atoms with E-state index in [-0.39, 0.29) is 6.04 Å². The maximum Gasteiger partial charge on any atom is 0.281 e. The Hall–Kier alpha value is -0.130. The van der Waals surface area contributed by atoms with E-state index in [1.54, 1.807) is 18.4 Å². The van der Waals surface area contributed by atoms with Gasteiger partial charge in [-0.25, -0.2) is 0 Å². The monoisotopic (exact) mass is 234 g/mol. The lowest BCUT2D eigenvalue weighted by Gasteiger charge is -2.34. The van der Waals surface area contributed by atoms with E-state index in [2.05, 4.69) is 0 Å². The van der Waals surface area contributed by atoms with Crippen molar-refractivity contribution in [3.8, 4) is 0 Å². The van der Waals surface area contributed by atoms with Crippen molar-refractivity contribution in [1.82, 2.24) is 8.61 Å². The second kappa shape index (κ2) is 5.27. The fourth-order valence-corrected chi connectivity index (χ4v) is 3.52. The van der Waals surface area contributed by atoms with E-state index in [1.165, 1.54) is 10.7 Å². The first-order chi connectivity index (χ1) is 7.00. The van der Waals surface area contributed by atoms with Crippen LogP contribution in [0.4, 0.5) is 0 Å². The van der Waals surface area contributed by atoms with Gasteiger partial charge >= 0.3 is 0 Å². The lowest BCUT2D eigenvalue weighted by atomic mass is 9.95. The Morgan fingerprint density at radius 1 is 1.13 bits per heavy atom. The van der Waals surface area contributed by atoms with Crippen LogP contribution in [0.15, 0.2) is 0 Å². The Kier molecular flexibility index (Phi) is 4.55. The summed E-state index contributed by atoms with van der Waals surface area (Å²) >= 11 is 0. The summed E-state index contributed by atoms with van der Waals surface area (Å²) in [5.74, 6) is 0. The molecule has 0 radical (unpaired) electrons. The van der Waals surface area contributed by atoms with Crippen LogP contribution in [0, 0.1) is 0 Å². The number of nitrogens with zero attached hydrogens (tertiary/aromatic N) is 2. The molecule has 0 saturated heterocycles. The lowest BCUT2D eigenvalue weighted by molar-refractivity contribution is 0.249. The smallest absolute Gasteiger partial charge is 0.195 e. The van der Waals surface area contributed by atoms with Crippen LogP contribution in [-0.2, 0) is 10.2 Å². The van der Waals surface area contributed by atoms with Crippen molar-refractivity contribution >= 4 is 10.2 Å². The zero-order valence-corrected chi connectivity index (χ0v) is 10.8. The standard InChI is InChI=1S/C10H22N2O2S/c1-4-12(15(13,14)11(2)3)10-8-6-5-7-9-10/h10H,4-9H2,1-3H3. The van der Waals surface area contributed by atoms with Crippen LogP contribution in [0.3, 0.4) is 0 Å². The summed E-state index contributed by atoms with van der Waals surface area (Å²) in [7, 11) is -0.0259. The first kappa shape index (κ1) is 12.9. The van der Waals surface area contributed by atoms with E-state index in [0.29, 0.717) is 6.54 Å². The number of hydrogen-bond donors (Lipinski definition) is 0. The molecular weight excluding hydrogens is 212 g/mol. The largest absolute Gasteiger partial charge is 0.281 e. The molecule has 15 heavy (non-hydrogen) atoms. The van der Waals surface area contributed by atoms with Crippen molar-refractivity contribution in [1.29, 1.82) is 0 Å². The zero-order chi connectivity index (χ0) is 11.5. The van der Waals surface area contributed by atoms with Gasteiger partial charge in [0, 0.05) is 26.7 Å². The predicted molar refractivity (Wildman–Crippen MR) is 61.9 cm³/mol. The van der Waals surface area contributed by atoms with E-state index in [0.717, 1.165) is 25.7 Å². The Labute approximate surface area is 93.4 Å². The average molecular weight is 234 g/mol. The van der Waals surface area contributed by atoms with Gasteiger partial charge in [-0.15, -0.1) is 0 Å². The van der Waals surface area contributed by atoms with Gasteiger partial charge in [0.15, 0.2) is 0 Å². The van der Waals surface area contributed by atoms with E-state index in [9.17, 15) is 8.42 Å². The summed E-state index contributed by atoms with van der Waals surface area (Å²) in [6.07, 6.45) is 5.59. The SMILES string of the molecule is CCN(C1CCCCC1)S(=O)(=O)N(C)C. The molecule has 0 N–H and O–H groups in total. The zero-order valence-electron chi connectivity index (χ0n) is 9.94. The average Bonchev–Trinajstić information content (AvgIpc) is 2.19. The third kappa shape index (κ3) is 2.92. The van der Waals surface area contributed by atoms with Gasteiger partial charge in [-0.1, -0.05) is 26.2 Å². The molecule has 1 aliphatic rings. The second-order valence-electron chi connectivity index (χ2n) is 4.29. The highest BCUT2D eigenvalue weighted by Gasteiger charge is 2.30. The van der Waals surface area contributed by atoms with Crippen LogP contribution in [0.25, 0.3) is 0 Å². The van der Waals surface area contributed by atoms with Crippen LogP contribution in [0.2, 0.25) is 0 Å². The lowest BCUT2D eigenvalue weighted by Crippen LogP contribution is -2.46. The quantitative estimate of drug-likeness (QED) is 0.738. The highest BCUT2D eigenvalue weighted by Crippen LogP contribution is 2.24. The van der Waals surface area contributed by atoms with Gasteiger partial charge in [0.05, 0.1) is 0 Å². The van der Waals surface area contributed by atoms with Gasteiger partial charge in [-0.2, -0.15) is 17.0 Å². The third-order valence-electron chi connectivity index (χ3n) is 3.05. The van der Waals surface area contributed by atoms with E-state index in [1.807, 2.05) is 6.92 Å². The molecule has 1 aliphatic carbocycles. The summed E-state index contributed by atoms with van der Waals surface area (Å²) < 4.78 is 27.0. The molecule has 0 spiro atoms. The first-order valence-electron chi connectivity index (χ1n) is 5.69.